The van der Waals surface area contributed by atoms with Gasteiger partial charge in [0.15, 0.2) is 0 Å². The van der Waals surface area contributed by atoms with Crippen molar-refractivity contribution < 1.29 is 14.3 Å². The van der Waals surface area contributed by atoms with Crippen molar-refractivity contribution in [2.75, 3.05) is 31.6 Å². The molecule has 0 unspecified atom stereocenters. The average molecular weight is 356 g/mol. The second-order valence-corrected chi connectivity index (χ2v) is 6.27. The summed E-state index contributed by atoms with van der Waals surface area (Å²) in [7, 11) is 0. The second-order valence-electron chi connectivity index (χ2n) is 6.27. The minimum atomic E-state index is -0.257. The van der Waals surface area contributed by atoms with Gasteiger partial charge in [-0.05, 0) is 31.9 Å². The van der Waals surface area contributed by atoms with Crippen LogP contribution in [0.2, 0.25) is 0 Å². The van der Waals surface area contributed by atoms with Crippen LogP contribution in [0.25, 0.3) is 10.9 Å². The van der Waals surface area contributed by atoms with Crippen molar-refractivity contribution in [1.82, 2.24) is 15.2 Å². The van der Waals surface area contributed by atoms with Gasteiger partial charge in [-0.25, -0.2) is 4.79 Å². The van der Waals surface area contributed by atoms with Gasteiger partial charge in [0.25, 0.3) is 0 Å². The number of aromatic nitrogens is 1. The number of carbonyl (C=O) groups is 2. The molecule has 0 bridgehead atoms. The van der Waals surface area contributed by atoms with Gasteiger partial charge in [-0.1, -0.05) is 18.2 Å². The largest absolute Gasteiger partial charge is 0.450 e. The van der Waals surface area contributed by atoms with E-state index in [2.05, 4.69) is 15.6 Å². The van der Waals surface area contributed by atoms with E-state index in [0.29, 0.717) is 25.4 Å². The third-order valence-corrected chi connectivity index (χ3v) is 4.48. The molecule has 1 aromatic carbocycles. The number of nitrogens with zero attached hydrogens (tertiary/aromatic N) is 2. The lowest BCUT2D eigenvalue weighted by Crippen LogP contribution is -2.46. The van der Waals surface area contributed by atoms with E-state index >= 15 is 0 Å². The van der Waals surface area contributed by atoms with E-state index in [1.807, 2.05) is 30.3 Å². The molecule has 1 aliphatic heterocycles. The molecule has 138 valence electrons. The third kappa shape index (κ3) is 4.49. The molecule has 0 saturated carbocycles. The number of ether oxygens (including phenoxy) is 1. The normalized spacial score (nSPS) is 15.0. The highest BCUT2D eigenvalue weighted by molar-refractivity contribution is 6.00. The highest BCUT2D eigenvalue weighted by Gasteiger charge is 2.23. The Kier molecular flexibility index (Phi) is 6.01. The summed E-state index contributed by atoms with van der Waals surface area (Å²) in [5.74, 6) is -0.101. The van der Waals surface area contributed by atoms with E-state index in [1.54, 1.807) is 18.0 Å². The van der Waals surface area contributed by atoms with Crippen LogP contribution in [-0.2, 0) is 9.53 Å². The highest BCUT2D eigenvalue weighted by atomic mass is 16.6. The summed E-state index contributed by atoms with van der Waals surface area (Å²) in [6.45, 7) is 3.71. The average Bonchev–Trinajstić information content (AvgIpc) is 2.67. The van der Waals surface area contributed by atoms with Gasteiger partial charge in [0.2, 0.25) is 5.91 Å². The van der Waals surface area contributed by atoms with Crippen LogP contribution in [0, 0.1) is 0 Å². The van der Waals surface area contributed by atoms with E-state index in [9.17, 15) is 9.59 Å². The van der Waals surface area contributed by atoms with Crippen molar-refractivity contribution in [2.45, 2.75) is 25.8 Å². The summed E-state index contributed by atoms with van der Waals surface area (Å²) in [6.07, 6.45) is 3.07. The summed E-state index contributed by atoms with van der Waals surface area (Å²) >= 11 is 0. The van der Waals surface area contributed by atoms with Crippen LogP contribution in [0.5, 0.6) is 0 Å². The smallest absolute Gasteiger partial charge is 0.409 e. The Bertz CT molecular complexity index is 767. The van der Waals surface area contributed by atoms with Gasteiger partial charge < -0.3 is 20.3 Å². The number of para-hydroxylation sites is 1. The lowest BCUT2D eigenvalue weighted by Gasteiger charge is -2.31. The van der Waals surface area contributed by atoms with Gasteiger partial charge in [0.05, 0.1) is 24.4 Å². The number of piperidine rings is 1. The van der Waals surface area contributed by atoms with Crippen LogP contribution in [0.15, 0.2) is 36.5 Å². The van der Waals surface area contributed by atoms with Crippen molar-refractivity contribution in [2.24, 2.45) is 0 Å². The van der Waals surface area contributed by atoms with Crippen molar-refractivity contribution in [3.05, 3.63) is 36.5 Å². The Morgan fingerprint density at radius 2 is 2.00 bits per heavy atom. The van der Waals surface area contributed by atoms with Crippen molar-refractivity contribution in [3.63, 3.8) is 0 Å². The Balaban J connectivity index is 1.47. The van der Waals surface area contributed by atoms with Gasteiger partial charge in [-0.15, -0.1) is 0 Å². The van der Waals surface area contributed by atoms with Crippen LogP contribution < -0.4 is 10.6 Å². The molecule has 7 heteroatoms. The van der Waals surface area contributed by atoms with E-state index in [1.165, 1.54) is 0 Å². The minimum Gasteiger partial charge on any atom is -0.450 e. The van der Waals surface area contributed by atoms with E-state index in [-0.39, 0.29) is 24.6 Å². The molecule has 2 N–H and O–H groups in total. The summed E-state index contributed by atoms with van der Waals surface area (Å²) < 4.78 is 5.01. The SMILES string of the molecule is CCOC(=O)N1CCC(NCC(=O)Nc2cccc3cccnc23)CC1. The van der Waals surface area contributed by atoms with Crippen LogP contribution in [0.4, 0.5) is 10.5 Å². The van der Waals surface area contributed by atoms with Crippen molar-refractivity contribution >= 4 is 28.6 Å². The van der Waals surface area contributed by atoms with E-state index in [0.717, 1.165) is 23.7 Å². The molecule has 2 heterocycles. The second kappa shape index (κ2) is 8.62. The zero-order valence-corrected chi connectivity index (χ0v) is 14.9. The molecule has 0 atom stereocenters. The number of likely N-dealkylation sites (tertiary alicyclic amines) is 1. The molecule has 0 spiro atoms. The maximum Gasteiger partial charge on any atom is 0.409 e. The summed E-state index contributed by atoms with van der Waals surface area (Å²) in [5, 5.41) is 7.18. The first-order valence-corrected chi connectivity index (χ1v) is 8.96. The van der Waals surface area contributed by atoms with Crippen LogP contribution in [0.1, 0.15) is 19.8 Å². The first kappa shape index (κ1) is 18.1. The molecule has 7 nitrogen and oxygen atoms in total. The number of hydrogen-bond acceptors (Lipinski definition) is 5. The van der Waals surface area contributed by atoms with Crippen LogP contribution in [-0.4, -0.2) is 54.2 Å². The molecule has 0 radical (unpaired) electrons. The fourth-order valence-electron chi connectivity index (χ4n) is 3.12. The standard InChI is InChI=1S/C19H24N4O3/c1-2-26-19(25)23-11-8-15(9-12-23)21-13-17(24)22-16-7-3-5-14-6-4-10-20-18(14)16/h3-7,10,15,21H,2,8-9,11-13H2,1H3,(H,22,24). The number of rotatable bonds is 5. The number of pyridine rings is 1. The van der Waals surface area contributed by atoms with Crippen molar-refractivity contribution in [3.8, 4) is 0 Å². The Labute approximate surface area is 152 Å². The quantitative estimate of drug-likeness (QED) is 0.859. The maximum absolute atomic E-state index is 12.3. The number of fused-ring (bicyclic) bond motifs is 1. The number of carbonyl (C=O) groups excluding carboxylic acids is 2. The van der Waals surface area contributed by atoms with Gasteiger partial charge >= 0.3 is 6.09 Å². The number of hydrogen-bond donors (Lipinski definition) is 2. The Morgan fingerprint density at radius 1 is 1.23 bits per heavy atom. The molecule has 1 aromatic heterocycles. The molecule has 26 heavy (non-hydrogen) atoms. The minimum absolute atomic E-state index is 0.101. The van der Waals surface area contributed by atoms with Crippen LogP contribution in [0.3, 0.4) is 0 Å². The monoisotopic (exact) mass is 356 g/mol. The van der Waals surface area contributed by atoms with Crippen LogP contribution >= 0.6 is 0 Å². The molecule has 2 amide bonds. The first-order valence-electron chi connectivity index (χ1n) is 8.96. The zero-order chi connectivity index (χ0) is 18.4. The lowest BCUT2D eigenvalue weighted by molar-refractivity contribution is -0.115. The number of nitrogens with one attached hydrogen (secondary N) is 2. The van der Waals surface area contributed by atoms with Gasteiger partial charge in [0.1, 0.15) is 0 Å². The molecule has 2 aromatic rings. The lowest BCUT2D eigenvalue weighted by atomic mass is 10.1. The maximum atomic E-state index is 12.3. The molecule has 1 saturated heterocycles. The number of benzene rings is 1. The summed E-state index contributed by atoms with van der Waals surface area (Å²) in [6, 6.07) is 9.78. The zero-order valence-electron chi connectivity index (χ0n) is 14.9. The molecular formula is C19H24N4O3. The summed E-state index contributed by atoms with van der Waals surface area (Å²) in [4.78, 5) is 30.0. The van der Waals surface area contributed by atoms with E-state index < -0.39 is 0 Å². The first-order chi connectivity index (χ1) is 12.7. The summed E-state index contributed by atoms with van der Waals surface area (Å²) in [5.41, 5.74) is 1.50. The van der Waals surface area contributed by atoms with Gasteiger partial charge in [-0.2, -0.15) is 0 Å². The highest BCUT2D eigenvalue weighted by Crippen LogP contribution is 2.20. The van der Waals surface area contributed by atoms with Gasteiger partial charge in [-0.3, -0.25) is 9.78 Å². The Hall–Kier alpha value is -2.67. The third-order valence-electron chi connectivity index (χ3n) is 4.48. The molecule has 0 aliphatic carbocycles. The van der Waals surface area contributed by atoms with Crippen molar-refractivity contribution in [1.29, 1.82) is 0 Å². The molecular weight excluding hydrogens is 332 g/mol. The molecule has 3 rings (SSSR count). The fraction of sp³-hybridized carbons (Fsp3) is 0.421. The van der Waals surface area contributed by atoms with E-state index in [4.69, 9.17) is 4.74 Å². The Morgan fingerprint density at radius 3 is 2.77 bits per heavy atom. The predicted molar refractivity (Wildman–Crippen MR) is 100.0 cm³/mol. The number of amides is 2. The molecule has 1 fully saturated rings. The number of anilines is 1. The molecule has 1 aliphatic rings. The fourth-order valence-corrected chi connectivity index (χ4v) is 3.12. The topological polar surface area (TPSA) is 83.6 Å². The predicted octanol–water partition coefficient (Wildman–Crippen LogP) is 2.38. The van der Waals surface area contributed by atoms with Gasteiger partial charge in [0, 0.05) is 30.7 Å².